The molecule has 20 heavy (non-hydrogen) atoms. The average molecular weight is 342 g/mol. The fourth-order valence-electron chi connectivity index (χ4n) is 1.46. The average Bonchev–Trinajstić information content (AvgIpc) is 2.41. The summed E-state index contributed by atoms with van der Waals surface area (Å²) >= 11 is 3.12. The number of nitrogens with one attached hydrogen (secondary N) is 1. The van der Waals surface area contributed by atoms with Gasteiger partial charge in [0.15, 0.2) is 6.61 Å². The molecule has 0 atom stereocenters. The number of anilines is 1. The number of ether oxygens (including phenoxy) is 1. The summed E-state index contributed by atoms with van der Waals surface area (Å²) in [5.74, 6) is -1.08. The summed E-state index contributed by atoms with van der Waals surface area (Å²) in [5, 5.41) is 2.39. The van der Waals surface area contributed by atoms with E-state index in [0.29, 0.717) is 10.2 Å². The lowest BCUT2D eigenvalue weighted by Gasteiger charge is -2.08. The van der Waals surface area contributed by atoms with Gasteiger partial charge in [-0.1, -0.05) is 15.9 Å². The van der Waals surface area contributed by atoms with E-state index in [1.54, 1.807) is 6.07 Å². The van der Waals surface area contributed by atoms with E-state index in [1.165, 1.54) is 36.4 Å². The molecule has 0 bridgehead atoms. The van der Waals surface area contributed by atoms with E-state index in [4.69, 9.17) is 4.74 Å². The maximum atomic E-state index is 13.5. The zero-order valence-corrected chi connectivity index (χ0v) is 11.8. The molecule has 3 nitrogen and oxygen atoms in total. The van der Waals surface area contributed by atoms with Crippen molar-refractivity contribution in [3.63, 3.8) is 0 Å². The summed E-state index contributed by atoms with van der Waals surface area (Å²) in [5.41, 5.74) is 0.0703. The monoisotopic (exact) mass is 341 g/mol. The van der Waals surface area contributed by atoms with Crippen molar-refractivity contribution in [2.45, 2.75) is 0 Å². The van der Waals surface area contributed by atoms with Gasteiger partial charge in [0.25, 0.3) is 5.91 Å². The van der Waals surface area contributed by atoms with Crippen LogP contribution in [0.3, 0.4) is 0 Å². The smallest absolute Gasteiger partial charge is 0.262 e. The van der Waals surface area contributed by atoms with Gasteiger partial charge in [0, 0.05) is 4.47 Å². The van der Waals surface area contributed by atoms with Gasteiger partial charge in [-0.2, -0.15) is 0 Å². The number of hydrogen-bond acceptors (Lipinski definition) is 2. The first-order valence-corrected chi connectivity index (χ1v) is 6.47. The standard InChI is InChI=1S/C14H10BrF2NO2/c15-9-1-6-13(12(17)7-9)18-14(19)8-20-11-4-2-10(16)3-5-11/h1-7H,8H2,(H,18,19). The Kier molecular flexibility index (Phi) is 4.68. The molecule has 0 aliphatic heterocycles. The maximum absolute atomic E-state index is 13.5. The van der Waals surface area contributed by atoms with Crippen LogP contribution in [0.1, 0.15) is 0 Å². The summed E-state index contributed by atoms with van der Waals surface area (Å²) in [4.78, 5) is 11.6. The topological polar surface area (TPSA) is 38.3 Å². The van der Waals surface area contributed by atoms with E-state index in [2.05, 4.69) is 21.2 Å². The number of benzene rings is 2. The molecular weight excluding hydrogens is 332 g/mol. The van der Waals surface area contributed by atoms with Gasteiger partial charge in [-0.3, -0.25) is 4.79 Å². The molecule has 0 saturated heterocycles. The number of amides is 1. The van der Waals surface area contributed by atoms with E-state index >= 15 is 0 Å². The Labute approximate surface area is 122 Å². The van der Waals surface area contributed by atoms with Gasteiger partial charge in [-0.15, -0.1) is 0 Å². The van der Waals surface area contributed by atoms with Crippen LogP contribution in [0.5, 0.6) is 5.75 Å². The lowest BCUT2D eigenvalue weighted by atomic mass is 10.3. The third-order valence-electron chi connectivity index (χ3n) is 2.39. The molecule has 0 spiro atoms. The molecule has 1 amide bonds. The third kappa shape index (κ3) is 4.03. The van der Waals surface area contributed by atoms with E-state index in [-0.39, 0.29) is 12.3 Å². The normalized spacial score (nSPS) is 10.2. The Morgan fingerprint density at radius 3 is 2.50 bits per heavy atom. The van der Waals surface area contributed by atoms with Crippen molar-refractivity contribution in [1.29, 1.82) is 0 Å². The summed E-state index contributed by atoms with van der Waals surface area (Å²) in [6, 6.07) is 9.56. The minimum Gasteiger partial charge on any atom is -0.484 e. The Morgan fingerprint density at radius 1 is 1.15 bits per heavy atom. The van der Waals surface area contributed by atoms with Crippen molar-refractivity contribution >= 4 is 27.5 Å². The second kappa shape index (κ2) is 6.47. The first kappa shape index (κ1) is 14.5. The molecule has 1 N–H and O–H groups in total. The molecular formula is C14H10BrF2NO2. The van der Waals surface area contributed by atoms with Crippen molar-refractivity contribution in [3.8, 4) is 5.75 Å². The Morgan fingerprint density at radius 2 is 1.85 bits per heavy atom. The van der Waals surface area contributed by atoms with Crippen molar-refractivity contribution in [2.75, 3.05) is 11.9 Å². The highest BCUT2D eigenvalue weighted by Crippen LogP contribution is 2.19. The van der Waals surface area contributed by atoms with Crippen LogP contribution in [-0.2, 0) is 4.79 Å². The van der Waals surface area contributed by atoms with Gasteiger partial charge in [0.05, 0.1) is 5.69 Å². The molecule has 0 aromatic heterocycles. The lowest BCUT2D eigenvalue weighted by molar-refractivity contribution is -0.118. The number of carbonyl (C=O) groups excluding carboxylic acids is 1. The minimum atomic E-state index is -0.547. The zero-order valence-electron chi connectivity index (χ0n) is 10.2. The van der Waals surface area contributed by atoms with Gasteiger partial charge in [-0.25, -0.2) is 8.78 Å². The van der Waals surface area contributed by atoms with Crippen LogP contribution < -0.4 is 10.1 Å². The van der Waals surface area contributed by atoms with Crippen molar-refractivity contribution in [2.24, 2.45) is 0 Å². The van der Waals surface area contributed by atoms with Gasteiger partial charge in [0.2, 0.25) is 0 Å². The van der Waals surface area contributed by atoms with Gasteiger partial charge in [-0.05, 0) is 42.5 Å². The molecule has 0 fully saturated rings. The minimum absolute atomic E-state index is 0.0703. The van der Waals surface area contributed by atoms with Crippen molar-refractivity contribution in [1.82, 2.24) is 0 Å². The van der Waals surface area contributed by atoms with Crippen LogP contribution >= 0.6 is 15.9 Å². The second-order valence-corrected chi connectivity index (χ2v) is 4.83. The quantitative estimate of drug-likeness (QED) is 0.919. The Bertz CT molecular complexity index is 617. The predicted molar refractivity (Wildman–Crippen MR) is 74.6 cm³/mol. The molecule has 2 aromatic rings. The van der Waals surface area contributed by atoms with Gasteiger partial charge < -0.3 is 10.1 Å². The first-order valence-electron chi connectivity index (χ1n) is 5.68. The predicted octanol–water partition coefficient (Wildman–Crippen LogP) is 3.74. The van der Waals surface area contributed by atoms with E-state index in [1.807, 2.05) is 0 Å². The molecule has 0 heterocycles. The largest absolute Gasteiger partial charge is 0.484 e. The fourth-order valence-corrected chi connectivity index (χ4v) is 1.79. The lowest BCUT2D eigenvalue weighted by Crippen LogP contribution is -2.20. The van der Waals surface area contributed by atoms with Crippen LogP contribution in [0.25, 0.3) is 0 Å². The summed E-state index contributed by atoms with van der Waals surface area (Å²) in [6.45, 7) is -0.291. The molecule has 2 aromatic carbocycles. The maximum Gasteiger partial charge on any atom is 0.262 e. The van der Waals surface area contributed by atoms with E-state index in [9.17, 15) is 13.6 Å². The highest BCUT2D eigenvalue weighted by Gasteiger charge is 2.08. The first-order chi connectivity index (χ1) is 9.54. The summed E-state index contributed by atoms with van der Waals surface area (Å²) in [6.07, 6.45) is 0. The van der Waals surface area contributed by atoms with E-state index in [0.717, 1.165) is 0 Å². The Hall–Kier alpha value is -1.95. The van der Waals surface area contributed by atoms with Crippen molar-refractivity contribution < 1.29 is 18.3 Å². The van der Waals surface area contributed by atoms with Gasteiger partial charge >= 0.3 is 0 Å². The second-order valence-electron chi connectivity index (χ2n) is 3.91. The van der Waals surface area contributed by atoms with Crippen LogP contribution in [0, 0.1) is 11.6 Å². The molecule has 2 rings (SSSR count). The molecule has 0 radical (unpaired) electrons. The molecule has 104 valence electrons. The van der Waals surface area contributed by atoms with Crippen LogP contribution in [-0.4, -0.2) is 12.5 Å². The number of carbonyl (C=O) groups is 1. The van der Waals surface area contributed by atoms with Crippen LogP contribution in [0.2, 0.25) is 0 Å². The Balaban J connectivity index is 1.90. The highest BCUT2D eigenvalue weighted by molar-refractivity contribution is 9.10. The zero-order chi connectivity index (χ0) is 14.5. The van der Waals surface area contributed by atoms with Crippen molar-refractivity contribution in [3.05, 3.63) is 58.6 Å². The van der Waals surface area contributed by atoms with Gasteiger partial charge in [0.1, 0.15) is 17.4 Å². The van der Waals surface area contributed by atoms with Crippen LogP contribution in [0.15, 0.2) is 46.9 Å². The van der Waals surface area contributed by atoms with Crippen LogP contribution in [0.4, 0.5) is 14.5 Å². The summed E-state index contributed by atoms with van der Waals surface area (Å²) in [7, 11) is 0. The third-order valence-corrected chi connectivity index (χ3v) is 2.88. The molecule has 0 aliphatic rings. The number of halogens is 3. The summed E-state index contributed by atoms with van der Waals surface area (Å²) < 4.78 is 31.9. The molecule has 0 aliphatic carbocycles. The number of rotatable bonds is 4. The molecule has 6 heteroatoms. The number of hydrogen-bond donors (Lipinski definition) is 1. The SMILES string of the molecule is O=C(COc1ccc(F)cc1)Nc1ccc(Br)cc1F. The van der Waals surface area contributed by atoms with E-state index < -0.39 is 17.5 Å². The molecule has 0 saturated carbocycles. The molecule has 0 unspecified atom stereocenters. The fraction of sp³-hybridized carbons (Fsp3) is 0.0714. The highest BCUT2D eigenvalue weighted by atomic mass is 79.9.